The summed E-state index contributed by atoms with van der Waals surface area (Å²) in [6.45, 7) is 4.36. The van der Waals surface area contributed by atoms with Crippen molar-refractivity contribution in [3.05, 3.63) is 0 Å². The van der Waals surface area contributed by atoms with Crippen molar-refractivity contribution in [2.24, 2.45) is 0 Å². The van der Waals surface area contributed by atoms with E-state index < -0.39 is 0 Å². The minimum atomic E-state index is -0.345. The molecule has 0 bridgehead atoms. The number of aliphatic hydroxyl groups is 1. The molecule has 1 atom stereocenters. The molecule has 1 unspecified atom stereocenters. The molecule has 0 radical (unpaired) electrons. The largest absolute Gasteiger partial charge is 0.389 e. The fourth-order valence-electron chi connectivity index (χ4n) is 2.13. The molecule has 0 spiro atoms. The number of nitrogens with one attached hydrogen (secondary N) is 1. The molecule has 96 valence electrons. The zero-order chi connectivity index (χ0) is 11.6. The van der Waals surface area contributed by atoms with Gasteiger partial charge in [-0.2, -0.15) is 0 Å². The Hall–Kier alpha value is -0.120. The van der Waals surface area contributed by atoms with Gasteiger partial charge in [-0.05, 0) is 25.8 Å². The molecule has 0 aliphatic heterocycles. The number of unbranched alkanes of at least 4 members (excludes halogenated alkanes) is 2. The Morgan fingerprint density at radius 2 is 2.06 bits per heavy atom. The van der Waals surface area contributed by atoms with Crippen molar-refractivity contribution < 1.29 is 9.84 Å². The van der Waals surface area contributed by atoms with Gasteiger partial charge in [-0.15, -0.1) is 0 Å². The summed E-state index contributed by atoms with van der Waals surface area (Å²) in [5.41, 5.74) is 0. The first kappa shape index (κ1) is 13.9. The van der Waals surface area contributed by atoms with Gasteiger partial charge in [0.25, 0.3) is 0 Å². The average molecular weight is 229 g/mol. The van der Waals surface area contributed by atoms with Gasteiger partial charge in [0.2, 0.25) is 0 Å². The number of aliphatic hydroxyl groups excluding tert-OH is 1. The van der Waals surface area contributed by atoms with Crippen molar-refractivity contribution in [2.75, 3.05) is 19.7 Å². The molecule has 1 aliphatic rings. The van der Waals surface area contributed by atoms with Crippen LogP contribution in [0.25, 0.3) is 0 Å². The van der Waals surface area contributed by atoms with E-state index >= 15 is 0 Å². The molecule has 0 heterocycles. The summed E-state index contributed by atoms with van der Waals surface area (Å²) >= 11 is 0. The summed E-state index contributed by atoms with van der Waals surface area (Å²) in [5, 5.41) is 12.9. The maximum absolute atomic E-state index is 9.68. The van der Waals surface area contributed by atoms with Crippen molar-refractivity contribution in [3.8, 4) is 0 Å². The highest BCUT2D eigenvalue weighted by atomic mass is 16.5. The first-order valence-electron chi connectivity index (χ1n) is 6.83. The first-order chi connectivity index (χ1) is 7.83. The Kier molecular flexibility index (Phi) is 7.81. The van der Waals surface area contributed by atoms with Gasteiger partial charge in [-0.25, -0.2) is 0 Å². The zero-order valence-corrected chi connectivity index (χ0v) is 10.6. The fraction of sp³-hybridized carbons (Fsp3) is 1.00. The second kappa shape index (κ2) is 8.97. The van der Waals surface area contributed by atoms with E-state index in [-0.39, 0.29) is 6.10 Å². The number of hydrogen-bond acceptors (Lipinski definition) is 3. The predicted molar refractivity (Wildman–Crippen MR) is 66.6 cm³/mol. The summed E-state index contributed by atoms with van der Waals surface area (Å²) < 4.78 is 5.65. The monoisotopic (exact) mass is 229 g/mol. The van der Waals surface area contributed by atoms with E-state index in [1.54, 1.807) is 0 Å². The maximum Gasteiger partial charge on any atom is 0.0897 e. The van der Waals surface area contributed by atoms with Crippen LogP contribution in [-0.2, 0) is 4.74 Å². The van der Waals surface area contributed by atoms with Gasteiger partial charge in [0.05, 0.1) is 18.8 Å². The van der Waals surface area contributed by atoms with Crippen LogP contribution in [0, 0.1) is 0 Å². The van der Waals surface area contributed by atoms with Gasteiger partial charge in [-0.1, -0.05) is 32.6 Å². The standard InChI is InChI=1S/C13H27NO2/c1-2-3-6-9-14-10-12(15)11-16-13-7-4-5-8-13/h12-15H,2-11H2,1H3. The molecule has 3 nitrogen and oxygen atoms in total. The van der Waals surface area contributed by atoms with E-state index in [2.05, 4.69) is 12.2 Å². The van der Waals surface area contributed by atoms with Crippen molar-refractivity contribution >= 4 is 0 Å². The third-order valence-electron chi connectivity index (χ3n) is 3.16. The smallest absolute Gasteiger partial charge is 0.0897 e. The Morgan fingerprint density at radius 3 is 2.75 bits per heavy atom. The van der Waals surface area contributed by atoms with Crippen LogP contribution >= 0.6 is 0 Å². The van der Waals surface area contributed by atoms with E-state index in [0.29, 0.717) is 19.3 Å². The zero-order valence-electron chi connectivity index (χ0n) is 10.6. The summed E-state index contributed by atoms with van der Waals surface area (Å²) in [6.07, 6.45) is 8.71. The van der Waals surface area contributed by atoms with Gasteiger partial charge in [0.15, 0.2) is 0 Å². The van der Waals surface area contributed by atoms with Crippen LogP contribution in [-0.4, -0.2) is 37.0 Å². The molecule has 1 saturated carbocycles. The molecule has 16 heavy (non-hydrogen) atoms. The second-order valence-electron chi connectivity index (χ2n) is 4.80. The third-order valence-corrected chi connectivity index (χ3v) is 3.16. The maximum atomic E-state index is 9.68. The van der Waals surface area contributed by atoms with Crippen LogP contribution in [0.5, 0.6) is 0 Å². The van der Waals surface area contributed by atoms with E-state index in [9.17, 15) is 5.11 Å². The fourth-order valence-corrected chi connectivity index (χ4v) is 2.13. The van der Waals surface area contributed by atoms with Gasteiger partial charge in [0.1, 0.15) is 0 Å². The number of ether oxygens (including phenoxy) is 1. The molecule has 0 aromatic heterocycles. The van der Waals surface area contributed by atoms with Crippen molar-refractivity contribution in [2.45, 2.75) is 64.1 Å². The molecule has 3 heteroatoms. The number of hydrogen-bond donors (Lipinski definition) is 2. The van der Waals surface area contributed by atoms with Crippen molar-refractivity contribution in [1.82, 2.24) is 5.32 Å². The highest BCUT2D eigenvalue weighted by molar-refractivity contribution is 4.68. The molecule has 0 aromatic rings. The van der Waals surface area contributed by atoms with E-state index in [1.165, 1.54) is 44.9 Å². The Morgan fingerprint density at radius 1 is 1.31 bits per heavy atom. The summed E-state index contributed by atoms with van der Waals surface area (Å²) in [4.78, 5) is 0. The number of rotatable bonds is 9. The summed E-state index contributed by atoms with van der Waals surface area (Å²) in [6, 6.07) is 0. The SMILES string of the molecule is CCCCCNCC(O)COC1CCCC1. The minimum Gasteiger partial charge on any atom is -0.389 e. The topological polar surface area (TPSA) is 41.5 Å². The Bertz CT molecular complexity index is 158. The van der Waals surface area contributed by atoms with Crippen LogP contribution < -0.4 is 5.32 Å². The molecule has 0 saturated heterocycles. The lowest BCUT2D eigenvalue weighted by atomic mass is 10.2. The van der Waals surface area contributed by atoms with Crippen LogP contribution in [0.1, 0.15) is 51.9 Å². The Balaban J connectivity index is 1.87. The highest BCUT2D eigenvalue weighted by Gasteiger charge is 2.16. The van der Waals surface area contributed by atoms with E-state index in [0.717, 1.165) is 6.54 Å². The molecule has 1 rings (SSSR count). The summed E-state index contributed by atoms with van der Waals surface area (Å²) in [5.74, 6) is 0. The molecular formula is C13H27NO2. The molecule has 1 fully saturated rings. The lowest BCUT2D eigenvalue weighted by Crippen LogP contribution is -2.32. The average Bonchev–Trinajstić information content (AvgIpc) is 2.79. The van der Waals surface area contributed by atoms with Crippen molar-refractivity contribution in [3.63, 3.8) is 0 Å². The molecule has 2 N–H and O–H groups in total. The second-order valence-corrected chi connectivity index (χ2v) is 4.80. The van der Waals surface area contributed by atoms with Crippen LogP contribution in [0.3, 0.4) is 0 Å². The normalized spacial score (nSPS) is 19.1. The quantitative estimate of drug-likeness (QED) is 0.595. The molecular weight excluding hydrogens is 202 g/mol. The lowest BCUT2D eigenvalue weighted by molar-refractivity contribution is -0.00535. The van der Waals surface area contributed by atoms with E-state index in [4.69, 9.17) is 4.74 Å². The molecule has 1 aliphatic carbocycles. The van der Waals surface area contributed by atoms with E-state index in [1.807, 2.05) is 0 Å². The predicted octanol–water partition coefficient (Wildman–Crippen LogP) is 2.09. The van der Waals surface area contributed by atoms with Gasteiger partial charge < -0.3 is 15.2 Å². The Labute approximate surface area is 99.6 Å². The van der Waals surface area contributed by atoms with Crippen LogP contribution in [0.4, 0.5) is 0 Å². The van der Waals surface area contributed by atoms with Crippen LogP contribution in [0.15, 0.2) is 0 Å². The minimum absolute atomic E-state index is 0.345. The van der Waals surface area contributed by atoms with Gasteiger partial charge in [-0.3, -0.25) is 0 Å². The third kappa shape index (κ3) is 6.46. The highest BCUT2D eigenvalue weighted by Crippen LogP contribution is 2.20. The van der Waals surface area contributed by atoms with Gasteiger partial charge in [0, 0.05) is 6.54 Å². The first-order valence-corrected chi connectivity index (χ1v) is 6.83. The summed E-state index contributed by atoms with van der Waals surface area (Å²) in [7, 11) is 0. The van der Waals surface area contributed by atoms with Crippen molar-refractivity contribution in [1.29, 1.82) is 0 Å². The van der Waals surface area contributed by atoms with Gasteiger partial charge >= 0.3 is 0 Å². The molecule has 0 aromatic carbocycles. The van der Waals surface area contributed by atoms with Crippen LogP contribution in [0.2, 0.25) is 0 Å². The molecule has 0 amide bonds. The lowest BCUT2D eigenvalue weighted by Gasteiger charge is -2.15.